The minimum Gasteiger partial charge on any atom is -0.481 e. The molecule has 1 N–H and O–H groups in total. The number of hydrogen-bond donors (Lipinski definition) is 1. The van der Waals surface area contributed by atoms with E-state index in [0.717, 1.165) is 18.4 Å². The maximum atomic E-state index is 12.9. The SMILES string of the molecule is O=C(O)C1Cc2ccccc2N(S(=O)(=O)C2CCCC2)C1. The fraction of sp³-hybridized carbons (Fsp3) is 0.533. The summed E-state index contributed by atoms with van der Waals surface area (Å²) < 4.78 is 27.1. The molecule has 3 rings (SSSR count). The molecular formula is C15H19NO4S. The van der Waals surface area contributed by atoms with Crippen LogP contribution in [0.4, 0.5) is 5.69 Å². The van der Waals surface area contributed by atoms with Crippen molar-refractivity contribution in [3.05, 3.63) is 29.8 Å². The van der Waals surface area contributed by atoms with E-state index in [0.29, 0.717) is 24.9 Å². The Bertz CT molecular complexity index is 649. The second-order valence-corrected chi connectivity index (χ2v) is 7.99. The fourth-order valence-electron chi connectivity index (χ4n) is 3.33. The largest absolute Gasteiger partial charge is 0.481 e. The van der Waals surface area contributed by atoms with Gasteiger partial charge in [0.25, 0.3) is 0 Å². The Kier molecular flexibility index (Phi) is 3.65. The van der Waals surface area contributed by atoms with Crippen LogP contribution in [-0.4, -0.2) is 31.3 Å². The van der Waals surface area contributed by atoms with Crippen molar-refractivity contribution in [1.82, 2.24) is 0 Å². The fourth-order valence-corrected chi connectivity index (χ4v) is 5.46. The van der Waals surface area contributed by atoms with Crippen molar-refractivity contribution < 1.29 is 18.3 Å². The maximum absolute atomic E-state index is 12.9. The third-order valence-electron chi connectivity index (χ3n) is 4.49. The number of aliphatic carboxylic acids is 1. The van der Waals surface area contributed by atoms with E-state index in [1.807, 2.05) is 12.1 Å². The highest BCUT2D eigenvalue weighted by atomic mass is 32.2. The predicted octanol–water partition coefficient (Wildman–Crippen LogP) is 2.02. The Labute approximate surface area is 124 Å². The van der Waals surface area contributed by atoms with Crippen LogP contribution in [0.5, 0.6) is 0 Å². The first kappa shape index (κ1) is 14.4. The average Bonchev–Trinajstić information content (AvgIpc) is 3.00. The quantitative estimate of drug-likeness (QED) is 0.927. The van der Waals surface area contributed by atoms with Crippen molar-refractivity contribution in [1.29, 1.82) is 0 Å². The third kappa shape index (κ3) is 2.52. The number of hydrogen-bond acceptors (Lipinski definition) is 3. The van der Waals surface area contributed by atoms with Crippen LogP contribution in [0.15, 0.2) is 24.3 Å². The Morgan fingerprint density at radius 2 is 1.86 bits per heavy atom. The molecule has 6 heteroatoms. The van der Waals surface area contributed by atoms with Crippen LogP contribution in [0.3, 0.4) is 0 Å². The molecule has 0 amide bonds. The number of carboxylic acids is 1. The standard InChI is InChI=1S/C15H19NO4S/c17-15(18)12-9-11-5-1-4-8-14(11)16(10-12)21(19,20)13-6-2-3-7-13/h1,4-5,8,12-13H,2-3,6-7,9-10H2,(H,17,18). The molecule has 0 aromatic heterocycles. The number of sulfonamides is 1. The van der Waals surface area contributed by atoms with Crippen molar-refractivity contribution >= 4 is 21.7 Å². The molecule has 0 bridgehead atoms. The molecule has 5 nitrogen and oxygen atoms in total. The maximum Gasteiger partial charge on any atom is 0.308 e. The summed E-state index contributed by atoms with van der Waals surface area (Å²) in [5.41, 5.74) is 1.46. The summed E-state index contributed by atoms with van der Waals surface area (Å²) in [6.45, 7) is 0.0468. The van der Waals surface area contributed by atoms with Crippen molar-refractivity contribution in [2.24, 2.45) is 5.92 Å². The van der Waals surface area contributed by atoms with Gasteiger partial charge >= 0.3 is 5.97 Å². The minimum atomic E-state index is -3.47. The van der Waals surface area contributed by atoms with Gasteiger partial charge in [-0.2, -0.15) is 0 Å². The zero-order valence-electron chi connectivity index (χ0n) is 11.7. The monoisotopic (exact) mass is 309 g/mol. The highest BCUT2D eigenvalue weighted by Crippen LogP contribution is 2.36. The molecule has 2 aliphatic rings. The van der Waals surface area contributed by atoms with Gasteiger partial charge in [-0.15, -0.1) is 0 Å². The summed E-state index contributed by atoms with van der Waals surface area (Å²) in [5, 5.41) is 8.93. The summed E-state index contributed by atoms with van der Waals surface area (Å²) in [5.74, 6) is -1.60. The smallest absolute Gasteiger partial charge is 0.308 e. The lowest BCUT2D eigenvalue weighted by Crippen LogP contribution is -2.45. The molecule has 0 spiro atoms. The number of para-hydroxylation sites is 1. The Hall–Kier alpha value is -1.56. The molecule has 21 heavy (non-hydrogen) atoms. The number of rotatable bonds is 3. The van der Waals surface area contributed by atoms with E-state index >= 15 is 0 Å². The van der Waals surface area contributed by atoms with Crippen LogP contribution >= 0.6 is 0 Å². The first-order chi connectivity index (χ1) is 10.00. The minimum absolute atomic E-state index is 0.0468. The molecule has 114 valence electrons. The number of fused-ring (bicyclic) bond motifs is 1. The van der Waals surface area contributed by atoms with Crippen LogP contribution in [0.1, 0.15) is 31.2 Å². The summed E-state index contributed by atoms with van der Waals surface area (Å²) in [6.07, 6.45) is 3.61. The lowest BCUT2D eigenvalue weighted by atomic mass is 9.94. The Morgan fingerprint density at radius 1 is 1.19 bits per heavy atom. The molecule has 1 aromatic rings. The van der Waals surface area contributed by atoms with E-state index in [-0.39, 0.29) is 11.8 Å². The highest BCUT2D eigenvalue weighted by molar-refractivity contribution is 7.93. The number of carbonyl (C=O) groups is 1. The zero-order valence-corrected chi connectivity index (χ0v) is 12.6. The van der Waals surface area contributed by atoms with Crippen molar-refractivity contribution in [2.75, 3.05) is 10.8 Å². The normalized spacial score (nSPS) is 23.0. The molecule has 1 aliphatic heterocycles. The van der Waals surface area contributed by atoms with Crippen molar-refractivity contribution in [3.8, 4) is 0 Å². The van der Waals surface area contributed by atoms with Gasteiger partial charge in [0.1, 0.15) is 0 Å². The van der Waals surface area contributed by atoms with Gasteiger partial charge in [0.05, 0.1) is 16.9 Å². The van der Waals surface area contributed by atoms with Crippen LogP contribution in [0.25, 0.3) is 0 Å². The number of carboxylic acid groups (broad SMARTS) is 1. The van der Waals surface area contributed by atoms with Crippen LogP contribution in [-0.2, 0) is 21.2 Å². The molecule has 1 heterocycles. The van der Waals surface area contributed by atoms with Crippen LogP contribution < -0.4 is 4.31 Å². The molecule has 0 saturated heterocycles. The van der Waals surface area contributed by atoms with Gasteiger partial charge in [-0.3, -0.25) is 9.10 Å². The van der Waals surface area contributed by atoms with Gasteiger partial charge in [0.2, 0.25) is 10.0 Å². The predicted molar refractivity (Wildman–Crippen MR) is 79.8 cm³/mol. The molecule has 1 fully saturated rings. The van der Waals surface area contributed by atoms with Gasteiger partial charge in [-0.25, -0.2) is 8.42 Å². The lowest BCUT2D eigenvalue weighted by molar-refractivity contribution is -0.141. The number of anilines is 1. The first-order valence-corrected chi connectivity index (χ1v) is 8.82. The Balaban J connectivity index is 2.02. The summed E-state index contributed by atoms with van der Waals surface area (Å²) in [7, 11) is -3.47. The second-order valence-electron chi connectivity index (χ2n) is 5.85. The second kappa shape index (κ2) is 5.33. The van der Waals surface area contributed by atoms with E-state index in [4.69, 9.17) is 0 Å². The number of benzene rings is 1. The van der Waals surface area contributed by atoms with E-state index in [9.17, 15) is 18.3 Å². The molecule has 1 atom stereocenters. The van der Waals surface area contributed by atoms with Crippen molar-refractivity contribution in [3.63, 3.8) is 0 Å². The van der Waals surface area contributed by atoms with Crippen LogP contribution in [0.2, 0.25) is 0 Å². The lowest BCUT2D eigenvalue weighted by Gasteiger charge is -2.35. The molecule has 0 radical (unpaired) electrons. The molecule has 1 aromatic carbocycles. The Morgan fingerprint density at radius 3 is 2.52 bits per heavy atom. The first-order valence-electron chi connectivity index (χ1n) is 7.32. The van der Waals surface area contributed by atoms with Gasteiger partial charge in [-0.05, 0) is 30.9 Å². The highest BCUT2D eigenvalue weighted by Gasteiger charge is 2.39. The van der Waals surface area contributed by atoms with Gasteiger partial charge in [0.15, 0.2) is 0 Å². The number of nitrogens with zero attached hydrogens (tertiary/aromatic N) is 1. The van der Waals surface area contributed by atoms with Crippen LogP contribution in [0, 0.1) is 5.92 Å². The average molecular weight is 309 g/mol. The van der Waals surface area contributed by atoms with E-state index in [1.54, 1.807) is 12.1 Å². The summed E-state index contributed by atoms with van der Waals surface area (Å²) in [4.78, 5) is 11.3. The van der Waals surface area contributed by atoms with Crippen molar-refractivity contribution in [2.45, 2.75) is 37.4 Å². The van der Waals surface area contributed by atoms with Gasteiger partial charge in [-0.1, -0.05) is 31.0 Å². The molecule has 1 unspecified atom stereocenters. The molecule has 1 aliphatic carbocycles. The third-order valence-corrected chi connectivity index (χ3v) is 6.77. The molecular weight excluding hydrogens is 290 g/mol. The zero-order chi connectivity index (χ0) is 15.0. The van der Waals surface area contributed by atoms with E-state index in [1.165, 1.54) is 4.31 Å². The van der Waals surface area contributed by atoms with E-state index in [2.05, 4.69) is 0 Å². The van der Waals surface area contributed by atoms with Gasteiger partial charge < -0.3 is 5.11 Å². The topological polar surface area (TPSA) is 74.7 Å². The summed E-state index contributed by atoms with van der Waals surface area (Å²) in [6, 6.07) is 7.22. The van der Waals surface area contributed by atoms with Gasteiger partial charge in [0, 0.05) is 6.54 Å². The molecule has 1 saturated carbocycles. The summed E-state index contributed by atoms with van der Waals surface area (Å²) >= 11 is 0. The van der Waals surface area contributed by atoms with E-state index < -0.39 is 21.9 Å².